The Bertz CT molecular complexity index is 829. The van der Waals surface area contributed by atoms with Crippen molar-refractivity contribution >= 4 is 21.7 Å². The molecule has 0 radical (unpaired) electrons. The molecule has 26 heavy (non-hydrogen) atoms. The van der Waals surface area contributed by atoms with E-state index in [2.05, 4.69) is 0 Å². The summed E-state index contributed by atoms with van der Waals surface area (Å²) in [6, 6.07) is 13.1. The monoisotopic (exact) mass is 377 g/mol. The molecule has 0 spiro atoms. The minimum atomic E-state index is -3.87. The Hall–Kier alpha value is -2.54. The topological polar surface area (TPSA) is 83.9 Å². The average molecular weight is 377 g/mol. The van der Waals surface area contributed by atoms with Gasteiger partial charge < -0.3 is 9.84 Å². The van der Waals surface area contributed by atoms with Crippen molar-refractivity contribution in [2.45, 2.75) is 31.6 Å². The van der Waals surface area contributed by atoms with Crippen LogP contribution in [0.4, 0.5) is 5.69 Å². The summed E-state index contributed by atoms with van der Waals surface area (Å²) >= 11 is 0. The van der Waals surface area contributed by atoms with Crippen molar-refractivity contribution in [2.24, 2.45) is 0 Å². The molecule has 0 aliphatic carbocycles. The lowest BCUT2D eigenvalue weighted by Gasteiger charge is -2.24. The number of nitrogens with zero attached hydrogens (tertiary/aromatic N) is 1. The van der Waals surface area contributed by atoms with Crippen molar-refractivity contribution < 1.29 is 23.1 Å². The second kappa shape index (κ2) is 8.71. The van der Waals surface area contributed by atoms with Gasteiger partial charge in [-0.05, 0) is 49.7 Å². The molecule has 0 fully saturated rings. The summed E-state index contributed by atoms with van der Waals surface area (Å²) in [5, 5.41) is 8.98. The molecule has 0 aliphatic rings. The number of ether oxygens (including phenoxy) is 1. The number of anilines is 1. The molecule has 2 aromatic rings. The molecule has 0 bridgehead atoms. The first-order valence-electron chi connectivity index (χ1n) is 8.38. The van der Waals surface area contributed by atoms with Gasteiger partial charge in [0.1, 0.15) is 5.75 Å². The molecule has 0 atom stereocenters. The fourth-order valence-electron chi connectivity index (χ4n) is 2.35. The van der Waals surface area contributed by atoms with E-state index in [-0.39, 0.29) is 17.9 Å². The number of sulfonamides is 1. The van der Waals surface area contributed by atoms with E-state index in [0.717, 1.165) is 16.3 Å². The van der Waals surface area contributed by atoms with Gasteiger partial charge in [-0.2, -0.15) is 0 Å². The summed E-state index contributed by atoms with van der Waals surface area (Å²) in [6.45, 7) is 4.29. The van der Waals surface area contributed by atoms with E-state index in [1.165, 1.54) is 12.1 Å². The molecule has 0 saturated carbocycles. The first kappa shape index (κ1) is 19.8. The van der Waals surface area contributed by atoms with Crippen molar-refractivity contribution in [1.82, 2.24) is 0 Å². The Morgan fingerprint density at radius 2 is 1.69 bits per heavy atom. The van der Waals surface area contributed by atoms with Gasteiger partial charge in [0.05, 0.1) is 23.6 Å². The number of aliphatic carboxylic acids is 1. The van der Waals surface area contributed by atoms with Gasteiger partial charge in [-0.25, -0.2) is 8.42 Å². The highest BCUT2D eigenvalue weighted by atomic mass is 32.2. The van der Waals surface area contributed by atoms with Crippen LogP contribution < -0.4 is 9.04 Å². The highest BCUT2D eigenvalue weighted by Gasteiger charge is 2.25. The van der Waals surface area contributed by atoms with Gasteiger partial charge in [0.15, 0.2) is 0 Å². The molecule has 0 amide bonds. The maximum atomic E-state index is 13.0. The molecule has 2 aromatic carbocycles. The summed E-state index contributed by atoms with van der Waals surface area (Å²) in [5.74, 6) is -0.418. The zero-order valence-electron chi connectivity index (χ0n) is 14.9. The Balaban J connectivity index is 2.36. The van der Waals surface area contributed by atoms with Crippen LogP contribution in [0.25, 0.3) is 0 Å². The van der Waals surface area contributed by atoms with Crippen LogP contribution >= 0.6 is 0 Å². The molecule has 0 aromatic heterocycles. The third-order valence-corrected chi connectivity index (χ3v) is 5.58. The SMILES string of the molecule is CCCOc1ccc(N(CCC(=O)O)S(=O)(=O)c2ccc(C)cc2)cc1. The van der Waals surface area contributed by atoms with Crippen LogP contribution in [-0.4, -0.2) is 32.6 Å². The maximum absolute atomic E-state index is 13.0. The van der Waals surface area contributed by atoms with Gasteiger partial charge >= 0.3 is 5.97 Å². The third kappa shape index (κ3) is 4.98. The lowest BCUT2D eigenvalue weighted by molar-refractivity contribution is -0.136. The summed E-state index contributed by atoms with van der Waals surface area (Å²) < 4.78 is 32.7. The first-order valence-corrected chi connectivity index (χ1v) is 9.82. The second-order valence-electron chi connectivity index (χ2n) is 5.88. The molecule has 0 aliphatic heterocycles. The molecular formula is C19H23NO5S. The van der Waals surface area contributed by atoms with Crippen LogP contribution in [-0.2, 0) is 14.8 Å². The number of hydrogen-bond acceptors (Lipinski definition) is 4. The van der Waals surface area contributed by atoms with Gasteiger partial charge in [-0.15, -0.1) is 0 Å². The summed E-state index contributed by atoms with van der Waals surface area (Å²) in [6.07, 6.45) is 0.577. The van der Waals surface area contributed by atoms with E-state index in [1.807, 2.05) is 13.8 Å². The van der Waals surface area contributed by atoms with Crippen LogP contribution in [0, 0.1) is 6.92 Å². The van der Waals surface area contributed by atoms with Crippen LogP contribution in [0.2, 0.25) is 0 Å². The standard InChI is InChI=1S/C19H23NO5S/c1-3-14-25-17-8-6-16(7-9-17)20(13-12-19(21)22)26(23,24)18-10-4-15(2)5-11-18/h4-11H,3,12-14H2,1-2H3,(H,21,22). The van der Waals surface area contributed by atoms with E-state index < -0.39 is 16.0 Å². The summed E-state index contributed by atoms with van der Waals surface area (Å²) in [7, 11) is -3.87. The number of carboxylic acid groups (broad SMARTS) is 1. The van der Waals surface area contributed by atoms with Crippen LogP contribution in [0.1, 0.15) is 25.3 Å². The lowest BCUT2D eigenvalue weighted by atomic mass is 10.2. The Labute approximate surface area is 154 Å². The fraction of sp³-hybridized carbons (Fsp3) is 0.316. The highest BCUT2D eigenvalue weighted by molar-refractivity contribution is 7.92. The number of benzene rings is 2. The zero-order valence-corrected chi connectivity index (χ0v) is 15.7. The van der Waals surface area contributed by atoms with Crippen molar-refractivity contribution in [3.8, 4) is 5.75 Å². The lowest BCUT2D eigenvalue weighted by Crippen LogP contribution is -2.33. The van der Waals surface area contributed by atoms with Crippen molar-refractivity contribution in [1.29, 1.82) is 0 Å². The largest absolute Gasteiger partial charge is 0.494 e. The molecule has 0 unspecified atom stereocenters. The van der Waals surface area contributed by atoms with Gasteiger partial charge in [0.2, 0.25) is 0 Å². The van der Waals surface area contributed by atoms with Crippen LogP contribution in [0.15, 0.2) is 53.4 Å². The van der Waals surface area contributed by atoms with E-state index in [4.69, 9.17) is 9.84 Å². The van der Waals surface area contributed by atoms with Gasteiger partial charge in [0, 0.05) is 6.54 Å². The first-order chi connectivity index (χ1) is 12.3. The predicted octanol–water partition coefficient (Wildman–Crippen LogP) is 3.45. The molecule has 2 rings (SSSR count). The van der Waals surface area contributed by atoms with Crippen molar-refractivity contribution in [3.63, 3.8) is 0 Å². The van der Waals surface area contributed by atoms with Crippen molar-refractivity contribution in [2.75, 3.05) is 17.5 Å². The number of hydrogen-bond donors (Lipinski definition) is 1. The smallest absolute Gasteiger partial charge is 0.305 e. The molecule has 1 N–H and O–H groups in total. The minimum Gasteiger partial charge on any atom is -0.494 e. The molecular weight excluding hydrogens is 354 g/mol. The number of aryl methyl sites for hydroxylation is 1. The van der Waals surface area contributed by atoms with E-state index in [9.17, 15) is 13.2 Å². The number of carbonyl (C=O) groups is 1. The third-order valence-electron chi connectivity index (χ3n) is 3.74. The van der Waals surface area contributed by atoms with Crippen LogP contribution in [0.3, 0.4) is 0 Å². The van der Waals surface area contributed by atoms with Gasteiger partial charge in [-0.3, -0.25) is 9.10 Å². The highest BCUT2D eigenvalue weighted by Crippen LogP contribution is 2.26. The maximum Gasteiger partial charge on any atom is 0.305 e. The van der Waals surface area contributed by atoms with E-state index >= 15 is 0 Å². The second-order valence-corrected chi connectivity index (χ2v) is 7.74. The van der Waals surface area contributed by atoms with Crippen molar-refractivity contribution in [3.05, 3.63) is 54.1 Å². The molecule has 0 heterocycles. The molecule has 6 nitrogen and oxygen atoms in total. The van der Waals surface area contributed by atoms with Gasteiger partial charge in [0.25, 0.3) is 10.0 Å². The Morgan fingerprint density at radius 1 is 1.08 bits per heavy atom. The quantitative estimate of drug-likeness (QED) is 0.723. The number of rotatable bonds is 9. The molecule has 0 saturated heterocycles. The van der Waals surface area contributed by atoms with Crippen LogP contribution in [0.5, 0.6) is 5.75 Å². The Kier molecular flexibility index (Phi) is 6.63. The van der Waals surface area contributed by atoms with E-state index in [1.54, 1.807) is 36.4 Å². The summed E-state index contributed by atoms with van der Waals surface area (Å²) in [5.41, 5.74) is 1.34. The average Bonchev–Trinajstić information content (AvgIpc) is 2.61. The fourth-order valence-corrected chi connectivity index (χ4v) is 3.82. The normalized spacial score (nSPS) is 11.2. The Morgan fingerprint density at radius 3 is 2.23 bits per heavy atom. The minimum absolute atomic E-state index is 0.125. The molecule has 140 valence electrons. The summed E-state index contributed by atoms with van der Waals surface area (Å²) in [4.78, 5) is 11.1. The van der Waals surface area contributed by atoms with E-state index in [0.29, 0.717) is 18.0 Å². The zero-order chi connectivity index (χ0) is 19.2. The van der Waals surface area contributed by atoms with Gasteiger partial charge in [-0.1, -0.05) is 24.6 Å². The molecule has 7 heteroatoms. The predicted molar refractivity (Wildman–Crippen MR) is 100 cm³/mol. The number of carboxylic acids is 1.